The van der Waals surface area contributed by atoms with Crippen LogP contribution >= 0.6 is 0 Å². The van der Waals surface area contributed by atoms with Crippen LogP contribution in [0.25, 0.3) is 0 Å². The molecule has 1 aromatic rings. The Morgan fingerprint density at radius 2 is 2.21 bits per heavy atom. The van der Waals surface area contributed by atoms with E-state index in [9.17, 15) is 9.18 Å². The Kier molecular flexibility index (Phi) is 1.85. The highest BCUT2D eigenvalue weighted by molar-refractivity contribution is 5.73. The van der Waals surface area contributed by atoms with Gasteiger partial charge in [0, 0.05) is 0 Å². The zero-order valence-corrected chi connectivity index (χ0v) is 7.46. The van der Waals surface area contributed by atoms with Crippen LogP contribution < -0.4 is 0 Å². The number of rotatable bonds is 2. The van der Waals surface area contributed by atoms with Crippen LogP contribution in [-0.2, 0) is 10.2 Å². The summed E-state index contributed by atoms with van der Waals surface area (Å²) >= 11 is 0. The van der Waals surface area contributed by atoms with Crippen LogP contribution in [-0.4, -0.2) is 6.29 Å². The second kappa shape index (κ2) is 2.91. The number of nitrogens with zero attached hydrogens (tertiary/aromatic N) is 1. The number of hydrogen-bond donors (Lipinski definition) is 0. The molecule has 0 aromatic heterocycles. The van der Waals surface area contributed by atoms with Crippen molar-refractivity contribution >= 4 is 6.29 Å². The first kappa shape index (κ1) is 8.89. The van der Waals surface area contributed by atoms with E-state index in [0.717, 1.165) is 24.7 Å². The molecule has 0 radical (unpaired) electrons. The van der Waals surface area contributed by atoms with Gasteiger partial charge >= 0.3 is 0 Å². The fourth-order valence-corrected chi connectivity index (χ4v) is 1.53. The van der Waals surface area contributed by atoms with Gasteiger partial charge in [-0.05, 0) is 30.5 Å². The maximum Gasteiger partial charge on any atom is 0.140 e. The predicted molar refractivity (Wildman–Crippen MR) is 48.1 cm³/mol. The molecule has 0 bridgehead atoms. The van der Waals surface area contributed by atoms with E-state index in [0.29, 0.717) is 0 Å². The lowest BCUT2D eigenvalue weighted by Crippen LogP contribution is -2.08. The van der Waals surface area contributed by atoms with Gasteiger partial charge in [0.25, 0.3) is 0 Å². The molecule has 0 spiro atoms. The maximum absolute atomic E-state index is 13.0. The van der Waals surface area contributed by atoms with E-state index in [1.54, 1.807) is 12.1 Å². The molecule has 0 unspecified atom stereocenters. The van der Waals surface area contributed by atoms with Gasteiger partial charge in [-0.2, -0.15) is 5.26 Å². The molecule has 0 amide bonds. The van der Waals surface area contributed by atoms with Gasteiger partial charge in [0.05, 0.1) is 11.0 Å². The maximum atomic E-state index is 13.0. The third-order valence-corrected chi connectivity index (χ3v) is 2.68. The Labute approximate surface area is 81.0 Å². The zero-order valence-electron chi connectivity index (χ0n) is 7.46. The number of benzene rings is 1. The third-order valence-electron chi connectivity index (χ3n) is 2.68. The lowest BCUT2D eigenvalue weighted by Gasteiger charge is -2.07. The predicted octanol–water partition coefficient (Wildman–Crippen LogP) is 1.93. The molecule has 0 N–H and O–H groups in total. The average Bonchev–Trinajstić information content (AvgIpc) is 2.99. The van der Waals surface area contributed by atoms with Crippen LogP contribution in [0.4, 0.5) is 4.39 Å². The van der Waals surface area contributed by atoms with Gasteiger partial charge in [-0.15, -0.1) is 0 Å². The van der Waals surface area contributed by atoms with Crippen molar-refractivity contribution in [2.75, 3.05) is 0 Å². The molecule has 2 rings (SSSR count). The molecule has 0 aliphatic heterocycles. The molecule has 70 valence electrons. The first-order valence-corrected chi connectivity index (χ1v) is 4.38. The van der Waals surface area contributed by atoms with E-state index in [1.807, 2.05) is 0 Å². The summed E-state index contributed by atoms with van der Waals surface area (Å²) in [6.45, 7) is 0. The van der Waals surface area contributed by atoms with Crippen molar-refractivity contribution in [3.63, 3.8) is 0 Å². The van der Waals surface area contributed by atoms with E-state index in [2.05, 4.69) is 0 Å². The summed E-state index contributed by atoms with van der Waals surface area (Å²) in [6.07, 6.45) is 2.49. The summed E-state index contributed by atoms with van der Waals surface area (Å²) in [5, 5.41) is 8.62. The highest BCUT2D eigenvalue weighted by Gasteiger charge is 2.44. The smallest absolute Gasteiger partial charge is 0.140 e. The van der Waals surface area contributed by atoms with Gasteiger partial charge in [-0.3, -0.25) is 0 Å². The van der Waals surface area contributed by atoms with Crippen LogP contribution in [0.2, 0.25) is 0 Å². The van der Waals surface area contributed by atoms with Gasteiger partial charge in [0.1, 0.15) is 18.2 Å². The van der Waals surface area contributed by atoms with E-state index in [1.165, 1.54) is 12.1 Å². The number of carbonyl (C=O) groups is 1. The molecule has 1 aliphatic carbocycles. The Hall–Kier alpha value is -1.69. The number of halogens is 1. The minimum atomic E-state index is -0.530. The Morgan fingerprint density at radius 3 is 2.71 bits per heavy atom. The Bertz CT molecular complexity index is 429. The van der Waals surface area contributed by atoms with Crippen molar-refractivity contribution < 1.29 is 9.18 Å². The molecule has 14 heavy (non-hydrogen) atoms. The summed E-state index contributed by atoms with van der Waals surface area (Å²) in [6, 6.07) is 6.07. The van der Waals surface area contributed by atoms with Crippen LogP contribution in [0.1, 0.15) is 24.0 Å². The minimum Gasteiger partial charge on any atom is -0.302 e. The molecule has 0 atom stereocenters. The number of aldehydes is 1. The van der Waals surface area contributed by atoms with Crippen LogP contribution in [0, 0.1) is 17.1 Å². The first-order valence-electron chi connectivity index (χ1n) is 4.38. The van der Waals surface area contributed by atoms with Crippen LogP contribution in [0.3, 0.4) is 0 Å². The molecule has 1 aliphatic rings. The standard InChI is InChI=1S/C11H8FNO/c12-10-2-1-9(5-8(10)6-13)11(7-14)3-4-11/h1-2,5,7H,3-4H2. The summed E-state index contributed by atoms with van der Waals surface area (Å²) < 4.78 is 13.0. The molecule has 3 heteroatoms. The van der Waals surface area contributed by atoms with Crippen molar-refractivity contribution in [3.8, 4) is 6.07 Å². The average molecular weight is 189 g/mol. The summed E-state index contributed by atoms with van der Waals surface area (Å²) in [7, 11) is 0. The van der Waals surface area contributed by atoms with Gasteiger partial charge in [0.15, 0.2) is 0 Å². The fourth-order valence-electron chi connectivity index (χ4n) is 1.53. The molecule has 0 saturated heterocycles. The summed E-state index contributed by atoms with van der Waals surface area (Å²) in [5.41, 5.74) is 0.334. The van der Waals surface area contributed by atoms with E-state index >= 15 is 0 Å². The molecule has 1 fully saturated rings. The second-order valence-electron chi connectivity index (χ2n) is 3.58. The molecule has 1 saturated carbocycles. The van der Waals surface area contributed by atoms with Gasteiger partial charge < -0.3 is 4.79 Å². The fraction of sp³-hybridized carbons (Fsp3) is 0.273. The first-order chi connectivity index (χ1) is 6.72. The highest BCUT2D eigenvalue weighted by atomic mass is 19.1. The Morgan fingerprint density at radius 1 is 1.50 bits per heavy atom. The van der Waals surface area contributed by atoms with Gasteiger partial charge in [0.2, 0.25) is 0 Å². The quantitative estimate of drug-likeness (QED) is 0.667. The Balaban J connectivity index is 2.47. The van der Waals surface area contributed by atoms with Crippen molar-refractivity contribution in [1.29, 1.82) is 5.26 Å². The van der Waals surface area contributed by atoms with Gasteiger partial charge in [-0.25, -0.2) is 4.39 Å². The minimum absolute atomic E-state index is 0.00984. The SMILES string of the molecule is N#Cc1cc(C2(C=O)CC2)ccc1F. The van der Waals surface area contributed by atoms with Crippen LogP contribution in [0.15, 0.2) is 18.2 Å². The summed E-state index contributed by atoms with van der Waals surface area (Å²) in [4.78, 5) is 10.8. The van der Waals surface area contributed by atoms with E-state index < -0.39 is 11.2 Å². The normalized spacial score (nSPS) is 17.1. The molecular weight excluding hydrogens is 181 g/mol. The molecular formula is C11H8FNO. The van der Waals surface area contributed by atoms with E-state index in [-0.39, 0.29) is 5.56 Å². The third kappa shape index (κ3) is 1.20. The number of carbonyl (C=O) groups excluding carboxylic acids is 1. The second-order valence-corrected chi connectivity index (χ2v) is 3.58. The largest absolute Gasteiger partial charge is 0.302 e. The zero-order chi connectivity index (χ0) is 10.2. The van der Waals surface area contributed by atoms with Crippen LogP contribution in [0.5, 0.6) is 0 Å². The van der Waals surface area contributed by atoms with Crippen molar-refractivity contribution in [3.05, 3.63) is 35.1 Å². The molecule has 0 heterocycles. The van der Waals surface area contributed by atoms with Crippen molar-refractivity contribution in [2.45, 2.75) is 18.3 Å². The molecule has 1 aromatic carbocycles. The van der Waals surface area contributed by atoms with Gasteiger partial charge in [-0.1, -0.05) is 6.07 Å². The van der Waals surface area contributed by atoms with E-state index in [4.69, 9.17) is 5.26 Å². The highest BCUT2D eigenvalue weighted by Crippen LogP contribution is 2.46. The summed E-state index contributed by atoms with van der Waals surface area (Å²) in [5.74, 6) is -0.530. The lowest BCUT2D eigenvalue weighted by molar-refractivity contribution is -0.109. The topological polar surface area (TPSA) is 40.9 Å². The molecule has 2 nitrogen and oxygen atoms in total. The number of hydrogen-bond acceptors (Lipinski definition) is 2. The van der Waals surface area contributed by atoms with Crippen molar-refractivity contribution in [2.24, 2.45) is 0 Å². The monoisotopic (exact) mass is 189 g/mol. The number of nitriles is 1. The van der Waals surface area contributed by atoms with Crippen molar-refractivity contribution in [1.82, 2.24) is 0 Å². The lowest BCUT2D eigenvalue weighted by atomic mass is 9.96.